The van der Waals surface area contributed by atoms with Crippen LogP contribution in [0.15, 0.2) is 4.52 Å². The maximum atomic E-state index is 10.9. The van der Waals surface area contributed by atoms with Crippen molar-refractivity contribution < 1.29 is 14.4 Å². The molecule has 0 aliphatic heterocycles. The average molecular weight is 209 g/mol. The maximum absolute atomic E-state index is 10.9. The molecule has 0 bridgehead atoms. The fourth-order valence-electron chi connectivity index (χ4n) is 2.12. The summed E-state index contributed by atoms with van der Waals surface area (Å²) in [5, 5.41) is 12.6. The van der Waals surface area contributed by atoms with Gasteiger partial charge in [-0.05, 0) is 18.3 Å². The summed E-state index contributed by atoms with van der Waals surface area (Å²) in [4.78, 5) is 10.9. The Morgan fingerprint density at radius 3 is 3.00 bits per heavy atom. The van der Waals surface area contributed by atoms with Crippen molar-refractivity contribution in [1.82, 2.24) is 5.16 Å². The normalized spacial score (nSPS) is 24.9. The van der Waals surface area contributed by atoms with Crippen LogP contribution in [0.5, 0.6) is 0 Å². The molecule has 0 fully saturated rings. The number of rotatable bonds is 2. The van der Waals surface area contributed by atoms with E-state index >= 15 is 0 Å². The van der Waals surface area contributed by atoms with E-state index in [1.165, 1.54) is 0 Å². The van der Waals surface area contributed by atoms with E-state index < -0.39 is 5.97 Å². The molecule has 1 N–H and O–H groups in total. The first-order valence-electron chi connectivity index (χ1n) is 5.26. The maximum Gasteiger partial charge on any atom is 0.358 e. The lowest BCUT2D eigenvalue weighted by atomic mass is 9.73. The Bertz CT molecular complexity index is 397. The summed E-state index contributed by atoms with van der Waals surface area (Å²) in [5.41, 5.74) is 1.10. The second kappa shape index (κ2) is 3.36. The van der Waals surface area contributed by atoms with Crippen LogP contribution < -0.4 is 0 Å². The van der Waals surface area contributed by atoms with Crippen molar-refractivity contribution in [1.29, 1.82) is 0 Å². The van der Waals surface area contributed by atoms with Crippen LogP contribution in [0, 0.1) is 5.41 Å². The number of hydrogen-bond acceptors (Lipinski definition) is 3. The van der Waals surface area contributed by atoms with Crippen molar-refractivity contribution in [3.05, 3.63) is 17.0 Å². The number of fused-ring (bicyclic) bond motifs is 1. The molecule has 0 radical (unpaired) electrons. The van der Waals surface area contributed by atoms with Gasteiger partial charge in [0.2, 0.25) is 0 Å². The van der Waals surface area contributed by atoms with Gasteiger partial charge in [0.1, 0.15) is 5.76 Å². The second-order valence-corrected chi connectivity index (χ2v) is 4.58. The lowest BCUT2D eigenvalue weighted by Crippen LogP contribution is -2.25. The number of hydrogen-bond donors (Lipinski definition) is 1. The standard InChI is InChI=1S/C11H15NO3/c1-3-11(2)5-4-8-7(6-11)9(10(13)14)12-15-8/h3-6H2,1-2H3,(H,13,14). The highest BCUT2D eigenvalue weighted by molar-refractivity contribution is 5.87. The summed E-state index contributed by atoms with van der Waals surface area (Å²) >= 11 is 0. The van der Waals surface area contributed by atoms with Crippen molar-refractivity contribution in [2.24, 2.45) is 5.41 Å². The molecule has 0 amide bonds. The zero-order valence-corrected chi connectivity index (χ0v) is 9.04. The Morgan fingerprint density at radius 2 is 2.40 bits per heavy atom. The molecule has 1 unspecified atom stereocenters. The van der Waals surface area contributed by atoms with Gasteiger partial charge in [-0.15, -0.1) is 0 Å². The van der Waals surface area contributed by atoms with E-state index in [1.807, 2.05) is 0 Å². The van der Waals surface area contributed by atoms with Gasteiger partial charge in [0.25, 0.3) is 0 Å². The number of carbonyl (C=O) groups is 1. The predicted molar refractivity (Wildman–Crippen MR) is 53.9 cm³/mol. The summed E-state index contributed by atoms with van der Waals surface area (Å²) in [5.74, 6) is -0.223. The summed E-state index contributed by atoms with van der Waals surface area (Å²) in [6.45, 7) is 4.33. The van der Waals surface area contributed by atoms with Gasteiger partial charge < -0.3 is 9.63 Å². The van der Waals surface area contributed by atoms with E-state index in [2.05, 4.69) is 19.0 Å². The van der Waals surface area contributed by atoms with E-state index in [0.29, 0.717) is 0 Å². The smallest absolute Gasteiger partial charge is 0.358 e. The Balaban J connectivity index is 2.38. The number of carboxylic acid groups (broad SMARTS) is 1. The van der Waals surface area contributed by atoms with Crippen LogP contribution in [-0.4, -0.2) is 16.2 Å². The van der Waals surface area contributed by atoms with Gasteiger partial charge in [-0.3, -0.25) is 0 Å². The van der Waals surface area contributed by atoms with E-state index in [-0.39, 0.29) is 11.1 Å². The molecule has 0 saturated carbocycles. The highest BCUT2D eigenvalue weighted by Crippen LogP contribution is 2.38. The van der Waals surface area contributed by atoms with E-state index in [4.69, 9.17) is 9.63 Å². The zero-order valence-electron chi connectivity index (χ0n) is 9.04. The van der Waals surface area contributed by atoms with Gasteiger partial charge in [0.05, 0.1) is 0 Å². The molecule has 1 aromatic rings. The summed E-state index contributed by atoms with van der Waals surface area (Å²) < 4.78 is 5.06. The molecule has 0 aromatic carbocycles. The van der Waals surface area contributed by atoms with E-state index in [9.17, 15) is 4.79 Å². The van der Waals surface area contributed by atoms with Crippen molar-refractivity contribution in [3.8, 4) is 0 Å². The number of aryl methyl sites for hydroxylation is 1. The molecule has 0 saturated heterocycles. The molecule has 1 atom stereocenters. The van der Waals surface area contributed by atoms with Crippen LogP contribution >= 0.6 is 0 Å². The van der Waals surface area contributed by atoms with Gasteiger partial charge >= 0.3 is 5.97 Å². The third kappa shape index (κ3) is 1.64. The minimum Gasteiger partial charge on any atom is -0.476 e. The zero-order chi connectivity index (χ0) is 11.1. The Hall–Kier alpha value is -1.32. The first kappa shape index (κ1) is 10.2. The summed E-state index contributed by atoms with van der Waals surface area (Å²) in [6, 6.07) is 0. The van der Waals surface area contributed by atoms with E-state index in [1.54, 1.807) is 0 Å². The number of aromatic carboxylic acids is 1. The SMILES string of the molecule is CCC1(C)CCc2onc(C(=O)O)c2C1. The quantitative estimate of drug-likeness (QED) is 0.811. The predicted octanol–water partition coefficient (Wildman–Crippen LogP) is 2.28. The molecule has 1 aromatic heterocycles. The van der Waals surface area contributed by atoms with Crippen molar-refractivity contribution in [3.63, 3.8) is 0 Å². The molecule has 0 spiro atoms. The van der Waals surface area contributed by atoms with Gasteiger partial charge in [0.15, 0.2) is 5.69 Å². The molecule has 4 heteroatoms. The summed E-state index contributed by atoms with van der Waals surface area (Å²) in [7, 11) is 0. The Morgan fingerprint density at radius 1 is 1.67 bits per heavy atom. The third-order valence-electron chi connectivity index (χ3n) is 3.48. The van der Waals surface area contributed by atoms with Crippen molar-refractivity contribution in [2.45, 2.75) is 39.5 Å². The van der Waals surface area contributed by atoms with Gasteiger partial charge in [-0.2, -0.15) is 0 Å². The second-order valence-electron chi connectivity index (χ2n) is 4.58. The molecule has 82 valence electrons. The minimum atomic E-state index is -0.986. The molecule has 1 aliphatic carbocycles. The fourth-order valence-corrected chi connectivity index (χ4v) is 2.12. The number of carboxylic acids is 1. The first-order valence-corrected chi connectivity index (χ1v) is 5.26. The van der Waals surface area contributed by atoms with Gasteiger partial charge in [-0.1, -0.05) is 25.4 Å². The lowest BCUT2D eigenvalue weighted by Gasteiger charge is -2.31. The molecular weight excluding hydrogens is 194 g/mol. The largest absolute Gasteiger partial charge is 0.476 e. The molecule has 1 aliphatic rings. The van der Waals surface area contributed by atoms with E-state index in [0.717, 1.165) is 37.0 Å². The van der Waals surface area contributed by atoms with Crippen LogP contribution in [-0.2, 0) is 12.8 Å². The highest BCUT2D eigenvalue weighted by atomic mass is 16.5. The molecule has 4 nitrogen and oxygen atoms in total. The third-order valence-corrected chi connectivity index (χ3v) is 3.48. The summed E-state index contributed by atoms with van der Waals surface area (Å²) in [6.07, 6.45) is 3.67. The van der Waals surface area contributed by atoms with Gasteiger partial charge in [0, 0.05) is 12.0 Å². The van der Waals surface area contributed by atoms with Crippen LogP contribution in [0.1, 0.15) is 48.5 Å². The average Bonchev–Trinajstić information content (AvgIpc) is 2.60. The first-order chi connectivity index (χ1) is 7.06. The number of aromatic nitrogens is 1. The van der Waals surface area contributed by atoms with Gasteiger partial charge in [-0.25, -0.2) is 4.79 Å². The Labute approximate surface area is 88.3 Å². The van der Waals surface area contributed by atoms with Crippen LogP contribution in [0.4, 0.5) is 0 Å². The Kier molecular flexibility index (Phi) is 2.29. The fraction of sp³-hybridized carbons (Fsp3) is 0.636. The molecular formula is C11H15NO3. The molecule has 15 heavy (non-hydrogen) atoms. The molecule has 1 heterocycles. The topological polar surface area (TPSA) is 63.3 Å². The highest BCUT2D eigenvalue weighted by Gasteiger charge is 2.34. The minimum absolute atomic E-state index is 0.101. The van der Waals surface area contributed by atoms with Crippen molar-refractivity contribution >= 4 is 5.97 Å². The number of nitrogens with zero attached hydrogens (tertiary/aromatic N) is 1. The molecule has 2 rings (SSSR count). The monoisotopic (exact) mass is 209 g/mol. The lowest BCUT2D eigenvalue weighted by molar-refractivity contribution is 0.0684. The van der Waals surface area contributed by atoms with Crippen molar-refractivity contribution in [2.75, 3.05) is 0 Å². The van der Waals surface area contributed by atoms with Crippen LogP contribution in [0.2, 0.25) is 0 Å². The van der Waals surface area contributed by atoms with Crippen LogP contribution in [0.3, 0.4) is 0 Å². The van der Waals surface area contributed by atoms with Crippen LogP contribution in [0.25, 0.3) is 0 Å².